The first-order valence-corrected chi connectivity index (χ1v) is 7.16. The minimum atomic E-state index is -0.859. The zero-order valence-corrected chi connectivity index (χ0v) is 13.3. The zero-order chi connectivity index (χ0) is 18.2. The van der Waals surface area contributed by atoms with Gasteiger partial charge in [-0.3, -0.25) is 4.79 Å². The molecule has 0 heterocycles. The molecule has 0 spiro atoms. The van der Waals surface area contributed by atoms with Crippen molar-refractivity contribution in [1.29, 1.82) is 5.26 Å². The number of benzene rings is 2. The highest BCUT2D eigenvalue weighted by molar-refractivity contribution is 6.02. The van der Waals surface area contributed by atoms with Gasteiger partial charge in [-0.2, -0.15) is 5.26 Å². The van der Waals surface area contributed by atoms with Crippen molar-refractivity contribution >= 4 is 17.7 Å². The topological polar surface area (TPSA) is 71.3 Å². The smallest absolute Gasteiger partial charge is 0.248 e. The van der Waals surface area contributed by atoms with Gasteiger partial charge in [0.1, 0.15) is 23.4 Å². The summed E-state index contributed by atoms with van der Waals surface area (Å²) in [7, 11) is 1.44. The van der Waals surface area contributed by atoms with Gasteiger partial charge in [-0.15, -0.1) is 0 Å². The Morgan fingerprint density at radius 1 is 1.24 bits per heavy atom. The number of ether oxygens (including phenoxy) is 2. The van der Waals surface area contributed by atoms with Crippen molar-refractivity contribution in [2.45, 2.75) is 0 Å². The molecule has 0 atom stereocenters. The SMILES string of the molecule is COc1cc(C=CC(=O)Nc2c(F)cccc2F)ccc1OCC#N. The number of halogens is 2. The van der Waals surface area contributed by atoms with Gasteiger partial charge in [0.2, 0.25) is 5.91 Å². The van der Waals surface area contributed by atoms with Gasteiger partial charge in [-0.05, 0) is 35.9 Å². The summed E-state index contributed by atoms with van der Waals surface area (Å²) in [5, 5.41) is 10.7. The van der Waals surface area contributed by atoms with Crippen molar-refractivity contribution in [2.24, 2.45) is 0 Å². The Bertz CT molecular complexity index is 824. The molecule has 7 heteroatoms. The fourth-order valence-electron chi connectivity index (χ4n) is 1.97. The number of para-hydroxylation sites is 1. The number of rotatable bonds is 6. The largest absolute Gasteiger partial charge is 0.493 e. The van der Waals surface area contributed by atoms with Gasteiger partial charge in [-0.25, -0.2) is 8.78 Å². The summed E-state index contributed by atoms with van der Waals surface area (Å²) in [6.45, 7) is -0.123. The molecule has 1 amide bonds. The van der Waals surface area contributed by atoms with Gasteiger partial charge in [-0.1, -0.05) is 12.1 Å². The third-order valence-electron chi connectivity index (χ3n) is 3.12. The Labute approximate surface area is 143 Å². The number of nitrogens with one attached hydrogen (secondary N) is 1. The molecule has 0 unspecified atom stereocenters. The van der Waals surface area contributed by atoms with Crippen LogP contribution in [0.4, 0.5) is 14.5 Å². The maximum Gasteiger partial charge on any atom is 0.248 e. The summed E-state index contributed by atoms with van der Waals surface area (Å²) in [5.41, 5.74) is 0.0975. The average Bonchev–Trinajstić information content (AvgIpc) is 2.61. The zero-order valence-electron chi connectivity index (χ0n) is 13.3. The predicted octanol–water partition coefficient (Wildman–Crippen LogP) is 3.53. The molecule has 0 radical (unpaired) electrons. The van der Waals surface area contributed by atoms with Crippen LogP contribution in [0.25, 0.3) is 6.08 Å². The fourth-order valence-corrected chi connectivity index (χ4v) is 1.97. The first kappa shape index (κ1) is 17.9. The summed E-state index contributed by atoms with van der Waals surface area (Å²) in [6.07, 6.45) is 2.58. The molecular weight excluding hydrogens is 330 g/mol. The lowest BCUT2D eigenvalue weighted by Crippen LogP contribution is -2.10. The molecule has 0 aromatic heterocycles. The molecule has 2 rings (SSSR count). The van der Waals surface area contributed by atoms with Gasteiger partial charge < -0.3 is 14.8 Å². The second-order valence-corrected chi connectivity index (χ2v) is 4.78. The third kappa shape index (κ3) is 4.78. The van der Waals surface area contributed by atoms with Gasteiger partial charge in [0.25, 0.3) is 0 Å². The van der Waals surface area contributed by atoms with Crippen LogP contribution in [0.15, 0.2) is 42.5 Å². The maximum absolute atomic E-state index is 13.5. The lowest BCUT2D eigenvalue weighted by atomic mass is 10.2. The summed E-state index contributed by atoms with van der Waals surface area (Å²) in [5.74, 6) is -1.63. The van der Waals surface area contributed by atoms with Gasteiger partial charge in [0, 0.05) is 6.08 Å². The molecule has 25 heavy (non-hydrogen) atoms. The second kappa shape index (κ2) is 8.45. The highest BCUT2D eigenvalue weighted by atomic mass is 19.1. The Balaban J connectivity index is 2.10. The molecular formula is C18H14F2N2O3. The van der Waals surface area contributed by atoms with Gasteiger partial charge in [0.05, 0.1) is 7.11 Å². The van der Waals surface area contributed by atoms with Crippen LogP contribution >= 0.6 is 0 Å². The second-order valence-electron chi connectivity index (χ2n) is 4.78. The van der Waals surface area contributed by atoms with Crippen LogP contribution < -0.4 is 14.8 Å². The monoisotopic (exact) mass is 344 g/mol. The highest BCUT2D eigenvalue weighted by Gasteiger charge is 2.10. The Morgan fingerprint density at radius 3 is 2.60 bits per heavy atom. The Morgan fingerprint density at radius 2 is 1.96 bits per heavy atom. The highest BCUT2D eigenvalue weighted by Crippen LogP contribution is 2.28. The van der Waals surface area contributed by atoms with E-state index in [4.69, 9.17) is 14.7 Å². The summed E-state index contributed by atoms with van der Waals surface area (Å²) in [6, 6.07) is 9.98. The van der Waals surface area contributed by atoms with Crippen LogP contribution in [-0.2, 0) is 4.79 Å². The van der Waals surface area contributed by atoms with E-state index in [0.717, 1.165) is 18.2 Å². The van der Waals surface area contributed by atoms with E-state index in [2.05, 4.69) is 5.32 Å². The Kier molecular flexibility index (Phi) is 6.07. The summed E-state index contributed by atoms with van der Waals surface area (Å²) in [4.78, 5) is 11.8. The molecule has 0 aliphatic rings. The number of hydrogen-bond acceptors (Lipinski definition) is 4. The van der Waals surface area contributed by atoms with E-state index in [1.54, 1.807) is 18.2 Å². The van der Waals surface area contributed by atoms with Crippen LogP contribution in [0, 0.1) is 23.0 Å². The van der Waals surface area contributed by atoms with Crippen LogP contribution in [0.1, 0.15) is 5.56 Å². The van der Waals surface area contributed by atoms with Crippen molar-refractivity contribution in [3.05, 3.63) is 59.7 Å². The number of hydrogen-bond donors (Lipinski definition) is 1. The van der Waals surface area contributed by atoms with E-state index in [-0.39, 0.29) is 6.61 Å². The predicted molar refractivity (Wildman–Crippen MR) is 88.1 cm³/mol. The molecule has 0 fully saturated rings. The van der Waals surface area contributed by atoms with E-state index >= 15 is 0 Å². The summed E-state index contributed by atoms with van der Waals surface area (Å²) >= 11 is 0. The first-order valence-electron chi connectivity index (χ1n) is 7.16. The summed E-state index contributed by atoms with van der Waals surface area (Å²) < 4.78 is 37.3. The van der Waals surface area contributed by atoms with Crippen LogP contribution in [-0.4, -0.2) is 19.6 Å². The number of anilines is 1. The van der Waals surface area contributed by atoms with E-state index in [0.29, 0.717) is 17.1 Å². The molecule has 2 aromatic rings. The van der Waals surface area contributed by atoms with Crippen molar-refractivity contribution in [2.75, 3.05) is 19.0 Å². The van der Waals surface area contributed by atoms with E-state index in [1.807, 2.05) is 6.07 Å². The van der Waals surface area contributed by atoms with E-state index in [9.17, 15) is 13.6 Å². The van der Waals surface area contributed by atoms with Crippen LogP contribution in [0.2, 0.25) is 0 Å². The van der Waals surface area contributed by atoms with Crippen molar-refractivity contribution in [3.63, 3.8) is 0 Å². The normalized spacial score (nSPS) is 10.3. The molecule has 1 N–H and O–H groups in total. The molecule has 0 saturated heterocycles. The molecule has 0 saturated carbocycles. The van der Waals surface area contributed by atoms with E-state index < -0.39 is 23.2 Å². The lowest BCUT2D eigenvalue weighted by molar-refractivity contribution is -0.111. The van der Waals surface area contributed by atoms with Crippen molar-refractivity contribution in [3.8, 4) is 17.6 Å². The average molecular weight is 344 g/mol. The molecule has 2 aromatic carbocycles. The fraction of sp³-hybridized carbons (Fsp3) is 0.111. The number of amides is 1. The quantitative estimate of drug-likeness (QED) is 0.814. The van der Waals surface area contributed by atoms with Crippen molar-refractivity contribution in [1.82, 2.24) is 0 Å². The molecule has 0 bridgehead atoms. The standard InChI is InChI=1S/C18H14F2N2O3/c1-24-16-11-12(5-7-15(16)25-10-9-21)6-8-17(23)22-18-13(19)3-2-4-14(18)20/h2-8,11H,10H2,1H3,(H,22,23). The Hall–Kier alpha value is -3.40. The first-order chi connectivity index (χ1) is 12.0. The molecule has 5 nitrogen and oxygen atoms in total. The number of nitrogens with zero attached hydrogens (tertiary/aromatic N) is 1. The van der Waals surface area contributed by atoms with Crippen LogP contribution in [0.3, 0.4) is 0 Å². The third-order valence-corrected chi connectivity index (χ3v) is 3.12. The minimum absolute atomic E-state index is 0.123. The number of nitriles is 1. The number of carbonyl (C=O) groups excluding carboxylic acids is 1. The minimum Gasteiger partial charge on any atom is -0.493 e. The van der Waals surface area contributed by atoms with E-state index in [1.165, 1.54) is 19.3 Å². The maximum atomic E-state index is 13.5. The van der Waals surface area contributed by atoms with Gasteiger partial charge >= 0.3 is 0 Å². The lowest BCUT2D eigenvalue weighted by Gasteiger charge is -2.09. The molecule has 128 valence electrons. The van der Waals surface area contributed by atoms with Crippen LogP contribution in [0.5, 0.6) is 11.5 Å². The number of methoxy groups -OCH3 is 1. The molecule has 0 aliphatic heterocycles. The van der Waals surface area contributed by atoms with Crippen molar-refractivity contribution < 1.29 is 23.0 Å². The molecule has 0 aliphatic carbocycles. The van der Waals surface area contributed by atoms with Gasteiger partial charge in [0.15, 0.2) is 18.1 Å². The number of carbonyl (C=O) groups is 1.